The second kappa shape index (κ2) is 17.9. The second-order valence-electron chi connectivity index (χ2n) is 3.16. The molecule has 0 spiro atoms. The number of hydrogen-bond donors (Lipinski definition) is 3. The number of aliphatic carboxylic acids is 2. The maximum Gasteiger partial charge on any atom is 0.382 e. The van der Waals surface area contributed by atoms with Crippen molar-refractivity contribution in [3.8, 4) is 0 Å². The van der Waals surface area contributed by atoms with Gasteiger partial charge in [-0.2, -0.15) is 12.6 Å². The summed E-state index contributed by atoms with van der Waals surface area (Å²) in [5.41, 5.74) is 0. The molecule has 23 heavy (non-hydrogen) atoms. The van der Waals surface area contributed by atoms with Crippen molar-refractivity contribution in [1.82, 2.24) is 0 Å². The molecule has 0 heterocycles. The van der Waals surface area contributed by atoms with Gasteiger partial charge in [0.25, 0.3) is 0 Å². The molecular formula is C10H17ClO8S4. The van der Waals surface area contributed by atoms with Crippen molar-refractivity contribution in [3.05, 3.63) is 0 Å². The highest BCUT2D eigenvalue weighted by molar-refractivity contribution is 8.82. The lowest BCUT2D eigenvalue weighted by molar-refractivity contribution is -0.137. The highest BCUT2D eigenvalue weighted by Crippen LogP contribution is 2.27. The van der Waals surface area contributed by atoms with Gasteiger partial charge in [0.1, 0.15) is 5.25 Å². The third kappa shape index (κ3) is 24.0. The zero-order valence-electron chi connectivity index (χ0n) is 12.5. The van der Waals surface area contributed by atoms with Gasteiger partial charge in [0.05, 0.1) is 30.4 Å². The fourth-order valence-corrected chi connectivity index (χ4v) is 1.96. The average Bonchev–Trinajstić information content (AvgIpc) is 2.52. The Balaban J connectivity index is -0.000000284. The fourth-order valence-electron chi connectivity index (χ4n) is 0.218. The molecule has 0 aliphatic rings. The lowest BCUT2D eigenvalue weighted by Gasteiger charge is -2.01. The Morgan fingerprint density at radius 1 is 1.00 bits per heavy atom. The van der Waals surface area contributed by atoms with Crippen molar-refractivity contribution >= 4 is 78.4 Å². The van der Waals surface area contributed by atoms with Crippen LogP contribution < -0.4 is 0 Å². The molecule has 0 amide bonds. The Labute approximate surface area is 155 Å². The van der Waals surface area contributed by atoms with Crippen LogP contribution in [-0.2, 0) is 19.1 Å². The summed E-state index contributed by atoms with van der Waals surface area (Å²) in [5.74, 6) is -1.82. The van der Waals surface area contributed by atoms with E-state index in [0.29, 0.717) is 11.0 Å². The lowest BCUT2D eigenvalue weighted by atomic mass is 10.5. The molecule has 2 atom stereocenters. The first-order valence-corrected chi connectivity index (χ1v) is 9.82. The van der Waals surface area contributed by atoms with E-state index in [1.54, 1.807) is 0 Å². The summed E-state index contributed by atoms with van der Waals surface area (Å²) < 4.78 is 8.38. The van der Waals surface area contributed by atoms with E-state index in [2.05, 4.69) is 22.1 Å². The smallest absolute Gasteiger partial charge is 0.382 e. The number of halogens is 1. The number of rotatable bonds is 4. The number of thiol groups is 1. The highest BCUT2D eigenvalue weighted by Gasteiger charge is 2.14. The first-order chi connectivity index (χ1) is 10.5. The van der Waals surface area contributed by atoms with Crippen LogP contribution in [0.2, 0.25) is 0 Å². The Morgan fingerprint density at radius 3 is 1.57 bits per heavy atom. The van der Waals surface area contributed by atoms with Gasteiger partial charge >= 0.3 is 22.5 Å². The topological polar surface area (TPSA) is 127 Å². The van der Waals surface area contributed by atoms with Gasteiger partial charge in [-0.1, -0.05) is 10.8 Å². The summed E-state index contributed by atoms with van der Waals surface area (Å²) in [6.45, 7) is 3.01. The first kappa shape index (κ1) is 27.4. The number of ether oxygens (including phenoxy) is 2. The van der Waals surface area contributed by atoms with Crippen LogP contribution in [-0.4, -0.2) is 57.5 Å². The Kier molecular flexibility index (Phi) is 21.4. The molecule has 0 bridgehead atoms. The Morgan fingerprint density at radius 2 is 1.39 bits per heavy atom. The summed E-state index contributed by atoms with van der Waals surface area (Å²) in [6, 6.07) is 0. The fraction of sp³-hybridized carbons (Fsp3) is 0.600. The van der Waals surface area contributed by atoms with E-state index in [1.807, 2.05) is 0 Å². The number of carbonyl (C=O) groups is 4. The number of carboxylic acids is 2. The maximum atomic E-state index is 10.5. The molecule has 0 aliphatic heterocycles. The number of hydrogen-bond acceptors (Lipinski definition) is 10. The van der Waals surface area contributed by atoms with Gasteiger partial charge in [-0.05, 0) is 24.5 Å². The molecular weight excluding hydrogens is 412 g/mol. The van der Waals surface area contributed by atoms with Crippen LogP contribution in [0.5, 0.6) is 0 Å². The predicted molar refractivity (Wildman–Crippen MR) is 96.6 cm³/mol. The average molecular weight is 429 g/mol. The quantitative estimate of drug-likeness (QED) is 0.345. The van der Waals surface area contributed by atoms with E-state index in [0.717, 1.165) is 21.6 Å². The van der Waals surface area contributed by atoms with Crippen molar-refractivity contribution in [3.63, 3.8) is 0 Å². The summed E-state index contributed by atoms with van der Waals surface area (Å²) in [6.07, 6.45) is 0. The molecule has 0 aromatic rings. The van der Waals surface area contributed by atoms with Crippen molar-refractivity contribution in [2.75, 3.05) is 14.2 Å². The van der Waals surface area contributed by atoms with Crippen LogP contribution in [0, 0.1) is 0 Å². The van der Waals surface area contributed by atoms with Crippen molar-refractivity contribution in [1.29, 1.82) is 0 Å². The zero-order valence-corrected chi connectivity index (χ0v) is 16.6. The van der Waals surface area contributed by atoms with Crippen LogP contribution in [0.4, 0.5) is 9.59 Å². The van der Waals surface area contributed by atoms with Crippen LogP contribution in [0.15, 0.2) is 0 Å². The molecule has 0 aromatic heterocycles. The minimum atomic E-state index is -0.939. The van der Waals surface area contributed by atoms with Gasteiger partial charge in [0, 0.05) is 10.8 Å². The molecule has 136 valence electrons. The minimum Gasteiger partial charge on any atom is -0.480 e. The van der Waals surface area contributed by atoms with Crippen LogP contribution in [0.3, 0.4) is 0 Å². The van der Waals surface area contributed by atoms with Crippen molar-refractivity contribution in [2.24, 2.45) is 0 Å². The molecule has 0 fully saturated rings. The van der Waals surface area contributed by atoms with Gasteiger partial charge in [0.15, 0.2) is 0 Å². The van der Waals surface area contributed by atoms with E-state index in [1.165, 1.54) is 28.1 Å². The van der Waals surface area contributed by atoms with Gasteiger partial charge < -0.3 is 19.7 Å². The van der Waals surface area contributed by atoms with Gasteiger partial charge in [-0.25, -0.2) is 9.59 Å². The van der Waals surface area contributed by atoms with Gasteiger partial charge in [-0.15, -0.1) is 0 Å². The van der Waals surface area contributed by atoms with Crippen molar-refractivity contribution in [2.45, 2.75) is 24.3 Å². The molecule has 0 saturated carbocycles. The predicted octanol–water partition coefficient (Wildman–Crippen LogP) is 3.64. The third-order valence-electron chi connectivity index (χ3n) is 1.36. The number of carbonyl (C=O) groups excluding carboxylic acids is 2. The molecule has 0 rings (SSSR count). The standard InChI is InChI=1S/C5H8O4S2.C3H6O2S.C2H3ClO2S/c1-3(4(6)7)10-11-5(8)9-2;1-2(6)3(4)5;1-5-2(4)6-3/h3H,1-2H3,(H,6,7);2,6H,1H3,(H,4,5);1H3. The largest absolute Gasteiger partial charge is 0.480 e. The third-order valence-corrected chi connectivity index (χ3v) is 4.71. The minimum absolute atomic E-state index is 0.475. The summed E-state index contributed by atoms with van der Waals surface area (Å²) >= 11 is 3.59. The summed E-state index contributed by atoms with van der Waals surface area (Å²) in [5, 5.41) is 14.2. The van der Waals surface area contributed by atoms with E-state index in [9.17, 15) is 19.2 Å². The molecule has 0 aromatic carbocycles. The highest BCUT2D eigenvalue weighted by atomic mass is 35.7. The van der Waals surface area contributed by atoms with Gasteiger partial charge in [0.2, 0.25) is 0 Å². The molecule has 2 unspecified atom stereocenters. The Bertz CT molecular complexity index is 372. The van der Waals surface area contributed by atoms with E-state index < -0.39 is 33.0 Å². The van der Waals surface area contributed by atoms with Crippen LogP contribution in [0.1, 0.15) is 13.8 Å². The molecule has 13 heteroatoms. The molecule has 8 nitrogen and oxygen atoms in total. The number of methoxy groups -OCH3 is 2. The molecule has 0 radical (unpaired) electrons. The SMILES string of the molecule is CC(S)C(=O)O.COC(=O)SCl.COC(=O)SSC(C)C(=O)O. The molecule has 2 N–H and O–H groups in total. The normalized spacial score (nSPS) is 11.4. The molecule has 0 aliphatic carbocycles. The lowest BCUT2D eigenvalue weighted by Crippen LogP contribution is -2.10. The monoisotopic (exact) mass is 428 g/mol. The van der Waals surface area contributed by atoms with E-state index in [4.69, 9.17) is 20.9 Å². The summed E-state index contributed by atoms with van der Waals surface area (Å²) in [4.78, 5) is 40.1. The van der Waals surface area contributed by atoms with Gasteiger partial charge in [-0.3, -0.25) is 9.59 Å². The Hall–Kier alpha value is -0.430. The summed E-state index contributed by atoms with van der Waals surface area (Å²) in [7, 11) is 9.70. The van der Waals surface area contributed by atoms with Crippen molar-refractivity contribution < 1.29 is 38.9 Å². The van der Waals surface area contributed by atoms with Crippen LogP contribution in [0.25, 0.3) is 0 Å². The van der Waals surface area contributed by atoms with E-state index in [-0.39, 0.29) is 0 Å². The zero-order chi connectivity index (χ0) is 19.0. The number of carboxylic acid groups (broad SMARTS) is 2. The molecule has 0 saturated heterocycles. The first-order valence-electron chi connectivity index (χ1n) is 5.44. The van der Waals surface area contributed by atoms with E-state index >= 15 is 0 Å². The second-order valence-corrected chi connectivity index (χ2v) is 7.36. The van der Waals surface area contributed by atoms with Crippen LogP contribution >= 0.6 is 55.9 Å². The maximum absolute atomic E-state index is 10.5.